The molecule has 0 radical (unpaired) electrons. The van der Waals surface area contributed by atoms with Gasteiger partial charge in [0.25, 0.3) is 0 Å². The summed E-state index contributed by atoms with van der Waals surface area (Å²) in [6, 6.07) is 0. The van der Waals surface area contributed by atoms with Crippen molar-refractivity contribution in [3.8, 4) is 0 Å². The van der Waals surface area contributed by atoms with E-state index in [0.717, 1.165) is 6.42 Å². The summed E-state index contributed by atoms with van der Waals surface area (Å²) in [5, 5.41) is 0. The fraction of sp³-hybridized carbons (Fsp3) is 0.875. The Kier molecular flexibility index (Phi) is 4.28. The number of rotatable bonds is 4. The summed E-state index contributed by atoms with van der Waals surface area (Å²) in [5.74, 6) is 0.287. The van der Waals surface area contributed by atoms with E-state index in [1.54, 1.807) is 7.11 Å². The van der Waals surface area contributed by atoms with Gasteiger partial charge in [0.1, 0.15) is 6.10 Å². The first-order valence-electron chi connectivity index (χ1n) is 3.70. The molecule has 0 aromatic carbocycles. The molecule has 0 N–H and O–H groups in total. The monoisotopic (exact) mass is 144 g/mol. The van der Waals surface area contributed by atoms with Crippen molar-refractivity contribution in [3.63, 3.8) is 0 Å². The second kappa shape index (κ2) is 4.45. The fourth-order valence-corrected chi connectivity index (χ4v) is 0.856. The van der Waals surface area contributed by atoms with Crippen molar-refractivity contribution >= 4 is 5.78 Å². The maximum absolute atomic E-state index is 11.2. The number of carbonyl (C=O) groups excluding carboxylic acids is 1. The van der Waals surface area contributed by atoms with E-state index in [2.05, 4.69) is 0 Å². The summed E-state index contributed by atoms with van der Waals surface area (Å²) >= 11 is 0. The normalized spacial score (nSPS) is 13.7. The topological polar surface area (TPSA) is 26.3 Å². The highest BCUT2D eigenvalue weighted by Gasteiger charge is 2.17. The lowest BCUT2D eigenvalue weighted by atomic mass is 10.0. The first-order valence-corrected chi connectivity index (χ1v) is 3.70. The van der Waals surface area contributed by atoms with Gasteiger partial charge in [0, 0.05) is 13.0 Å². The van der Waals surface area contributed by atoms with Crippen LogP contribution in [0.1, 0.15) is 27.2 Å². The zero-order valence-corrected chi connectivity index (χ0v) is 7.18. The van der Waals surface area contributed by atoms with Gasteiger partial charge in [-0.15, -0.1) is 0 Å². The highest BCUT2D eigenvalue weighted by Crippen LogP contribution is 2.05. The third-order valence-electron chi connectivity index (χ3n) is 1.54. The Balaban J connectivity index is 3.89. The number of Topliss-reactive ketones (excluding diaryl/α,β-unsaturated/α-hetero) is 1. The van der Waals surface area contributed by atoms with Gasteiger partial charge in [0.05, 0.1) is 0 Å². The van der Waals surface area contributed by atoms with Crippen molar-refractivity contribution in [2.24, 2.45) is 5.92 Å². The number of methoxy groups -OCH3 is 1. The van der Waals surface area contributed by atoms with Crippen LogP contribution in [0.25, 0.3) is 0 Å². The zero-order valence-electron chi connectivity index (χ0n) is 7.18. The van der Waals surface area contributed by atoms with E-state index in [9.17, 15) is 4.79 Å². The molecule has 60 valence electrons. The molecule has 0 bridgehead atoms. The molecule has 0 saturated carbocycles. The Morgan fingerprint density at radius 2 is 2.00 bits per heavy atom. The van der Waals surface area contributed by atoms with Gasteiger partial charge in [0.2, 0.25) is 0 Å². The minimum atomic E-state index is -0.194. The predicted octanol–water partition coefficient (Wildman–Crippen LogP) is 1.64. The van der Waals surface area contributed by atoms with Gasteiger partial charge in [-0.25, -0.2) is 0 Å². The maximum atomic E-state index is 11.2. The van der Waals surface area contributed by atoms with Gasteiger partial charge in [0.15, 0.2) is 5.78 Å². The van der Waals surface area contributed by atoms with Crippen LogP contribution >= 0.6 is 0 Å². The van der Waals surface area contributed by atoms with E-state index in [4.69, 9.17) is 4.74 Å². The molecule has 2 heteroatoms. The van der Waals surface area contributed by atoms with Crippen LogP contribution in [0, 0.1) is 5.92 Å². The van der Waals surface area contributed by atoms with Crippen molar-refractivity contribution in [2.45, 2.75) is 33.3 Å². The number of hydrogen-bond acceptors (Lipinski definition) is 2. The summed E-state index contributed by atoms with van der Waals surface area (Å²) in [7, 11) is 1.58. The third-order valence-corrected chi connectivity index (χ3v) is 1.54. The Bertz CT molecular complexity index is 104. The van der Waals surface area contributed by atoms with Crippen LogP contribution in [0.2, 0.25) is 0 Å². The van der Waals surface area contributed by atoms with E-state index in [0.29, 0.717) is 0 Å². The lowest BCUT2D eigenvalue weighted by Crippen LogP contribution is -2.26. The molecule has 0 unspecified atom stereocenters. The molecule has 0 heterocycles. The van der Waals surface area contributed by atoms with Crippen LogP contribution in [-0.4, -0.2) is 19.0 Å². The van der Waals surface area contributed by atoms with Crippen molar-refractivity contribution in [1.82, 2.24) is 0 Å². The van der Waals surface area contributed by atoms with Gasteiger partial charge < -0.3 is 4.74 Å². The molecule has 0 aliphatic rings. The summed E-state index contributed by atoms with van der Waals surface area (Å²) in [5.41, 5.74) is 0. The molecular formula is C8H16O2. The van der Waals surface area contributed by atoms with Gasteiger partial charge in [-0.1, -0.05) is 20.8 Å². The Morgan fingerprint density at radius 3 is 2.10 bits per heavy atom. The van der Waals surface area contributed by atoms with Crippen LogP contribution in [0.5, 0.6) is 0 Å². The Labute approximate surface area is 62.6 Å². The highest BCUT2D eigenvalue weighted by atomic mass is 16.5. The van der Waals surface area contributed by atoms with Crippen LogP contribution in [-0.2, 0) is 9.53 Å². The third kappa shape index (κ3) is 2.48. The second-order valence-electron chi connectivity index (χ2n) is 2.69. The Morgan fingerprint density at radius 1 is 1.50 bits per heavy atom. The molecule has 0 aromatic heterocycles. The molecule has 0 spiro atoms. The van der Waals surface area contributed by atoms with E-state index in [-0.39, 0.29) is 17.8 Å². The van der Waals surface area contributed by atoms with Crippen LogP contribution in [0.15, 0.2) is 0 Å². The van der Waals surface area contributed by atoms with Crippen LogP contribution < -0.4 is 0 Å². The number of hydrogen-bond donors (Lipinski definition) is 0. The molecule has 0 saturated heterocycles. The molecule has 2 nitrogen and oxygen atoms in total. The smallest absolute Gasteiger partial charge is 0.164 e. The molecule has 0 rings (SSSR count). The lowest BCUT2D eigenvalue weighted by molar-refractivity contribution is -0.132. The van der Waals surface area contributed by atoms with Crippen LogP contribution in [0.3, 0.4) is 0 Å². The molecule has 0 aliphatic heterocycles. The van der Waals surface area contributed by atoms with Gasteiger partial charge in [-0.2, -0.15) is 0 Å². The number of carbonyl (C=O) groups is 1. The summed E-state index contributed by atoms with van der Waals surface area (Å²) < 4.78 is 4.97. The van der Waals surface area contributed by atoms with E-state index < -0.39 is 0 Å². The van der Waals surface area contributed by atoms with E-state index in [1.165, 1.54) is 0 Å². The Hall–Kier alpha value is -0.370. The van der Waals surface area contributed by atoms with E-state index in [1.807, 2.05) is 20.8 Å². The first kappa shape index (κ1) is 9.63. The average molecular weight is 144 g/mol. The lowest BCUT2D eigenvalue weighted by Gasteiger charge is -2.13. The molecule has 0 fully saturated rings. The molecule has 1 atom stereocenters. The molecule has 10 heavy (non-hydrogen) atoms. The number of ether oxygens (including phenoxy) is 1. The van der Waals surface area contributed by atoms with Gasteiger partial charge in [-0.05, 0) is 6.42 Å². The van der Waals surface area contributed by atoms with Crippen LogP contribution in [0.4, 0.5) is 0 Å². The zero-order chi connectivity index (χ0) is 8.15. The average Bonchev–Trinajstić information content (AvgIpc) is 1.90. The molecular weight excluding hydrogens is 128 g/mol. The predicted molar refractivity (Wildman–Crippen MR) is 40.9 cm³/mol. The quantitative estimate of drug-likeness (QED) is 0.599. The van der Waals surface area contributed by atoms with Crippen molar-refractivity contribution < 1.29 is 9.53 Å². The minimum Gasteiger partial charge on any atom is -0.374 e. The highest BCUT2D eigenvalue weighted by molar-refractivity contribution is 5.84. The number of ketones is 1. The van der Waals surface area contributed by atoms with E-state index >= 15 is 0 Å². The standard InChI is InChI=1S/C8H16O2/c1-5-7(10-4)8(9)6(2)3/h6-7H,5H2,1-4H3/t7-/m1/s1. The minimum absolute atomic E-state index is 0.0879. The van der Waals surface area contributed by atoms with Gasteiger partial charge in [-0.3, -0.25) is 4.79 Å². The fourth-order valence-electron chi connectivity index (χ4n) is 0.856. The van der Waals surface area contributed by atoms with Crippen molar-refractivity contribution in [3.05, 3.63) is 0 Å². The van der Waals surface area contributed by atoms with Crippen molar-refractivity contribution in [1.29, 1.82) is 0 Å². The largest absolute Gasteiger partial charge is 0.374 e. The SMILES string of the molecule is CC[C@@H](OC)C(=O)C(C)C. The maximum Gasteiger partial charge on any atom is 0.164 e. The van der Waals surface area contributed by atoms with Gasteiger partial charge >= 0.3 is 0 Å². The summed E-state index contributed by atoms with van der Waals surface area (Å²) in [6.45, 7) is 5.74. The van der Waals surface area contributed by atoms with Crippen molar-refractivity contribution in [2.75, 3.05) is 7.11 Å². The first-order chi connectivity index (χ1) is 4.63. The summed E-state index contributed by atoms with van der Waals surface area (Å²) in [4.78, 5) is 11.2. The summed E-state index contributed by atoms with van der Waals surface area (Å²) in [6.07, 6.45) is 0.577. The second-order valence-corrected chi connectivity index (χ2v) is 2.69. The molecule has 0 aromatic rings. The molecule has 0 aliphatic carbocycles. The molecule has 0 amide bonds.